The lowest BCUT2D eigenvalue weighted by molar-refractivity contribution is -0.150. The first-order valence-electron chi connectivity index (χ1n) is 4.95. The summed E-state index contributed by atoms with van der Waals surface area (Å²) in [6.07, 6.45) is 0. The zero-order valence-corrected chi connectivity index (χ0v) is 9.55. The van der Waals surface area contributed by atoms with Crippen molar-refractivity contribution >= 4 is 11.8 Å². The third-order valence-electron chi connectivity index (χ3n) is 2.62. The number of Topliss-reactive ketones (excluding diaryl/α,β-unsaturated/α-hetero) is 1. The number of carbonyl (C=O) groups excluding carboxylic acids is 2. The van der Waals surface area contributed by atoms with Crippen molar-refractivity contribution in [2.45, 2.75) is 33.3 Å². The molecule has 0 fully saturated rings. The molecule has 0 saturated carbocycles. The van der Waals surface area contributed by atoms with E-state index in [9.17, 15) is 9.59 Å². The highest BCUT2D eigenvalue weighted by molar-refractivity contribution is 6.18. The Balaban J connectivity index is 2.97. The van der Waals surface area contributed by atoms with Crippen LogP contribution in [0.15, 0.2) is 11.1 Å². The lowest BCUT2D eigenvalue weighted by atomic mass is 9.95. The molecule has 1 rings (SSSR count). The standard InChI is InChI=1S/C11H16O4/c1-5-14-6-11(4)7(2)9(8(3)12)10(13)15-11/h5-6H2,1-4H3. The molecule has 0 aromatic rings. The molecule has 1 atom stereocenters. The van der Waals surface area contributed by atoms with Crippen LogP contribution in [0.2, 0.25) is 0 Å². The van der Waals surface area contributed by atoms with Crippen LogP contribution in [-0.4, -0.2) is 30.6 Å². The topological polar surface area (TPSA) is 52.6 Å². The number of ether oxygens (including phenoxy) is 2. The van der Waals surface area contributed by atoms with E-state index < -0.39 is 11.6 Å². The van der Waals surface area contributed by atoms with Crippen LogP contribution < -0.4 is 0 Å². The van der Waals surface area contributed by atoms with E-state index in [1.165, 1.54) is 6.92 Å². The third-order valence-corrected chi connectivity index (χ3v) is 2.62. The Morgan fingerprint density at radius 1 is 1.53 bits per heavy atom. The maximum atomic E-state index is 11.4. The molecule has 1 aliphatic rings. The fraction of sp³-hybridized carbons (Fsp3) is 0.636. The quantitative estimate of drug-likeness (QED) is 0.519. The van der Waals surface area contributed by atoms with Crippen molar-refractivity contribution < 1.29 is 19.1 Å². The van der Waals surface area contributed by atoms with Crippen molar-refractivity contribution in [2.24, 2.45) is 0 Å². The van der Waals surface area contributed by atoms with Gasteiger partial charge in [-0.25, -0.2) is 4.79 Å². The maximum Gasteiger partial charge on any atom is 0.342 e. The van der Waals surface area contributed by atoms with Crippen molar-refractivity contribution in [1.29, 1.82) is 0 Å². The van der Waals surface area contributed by atoms with Gasteiger partial charge in [-0.15, -0.1) is 0 Å². The fourth-order valence-electron chi connectivity index (χ4n) is 1.59. The van der Waals surface area contributed by atoms with Crippen LogP contribution in [0.5, 0.6) is 0 Å². The summed E-state index contributed by atoms with van der Waals surface area (Å²) in [5, 5.41) is 0. The Labute approximate surface area is 89.2 Å². The molecule has 15 heavy (non-hydrogen) atoms. The molecule has 0 N–H and O–H groups in total. The van der Waals surface area contributed by atoms with Crippen molar-refractivity contribution in [3.8, 4) is 0 Å². The van der Waals surface area contributed by atoms with E-state index in [0.717, 1.165) is 0 Å². The summed E-state index contributed by atoms with van der Waals surface area (Å²) in [4.78, 5) is 22.7. The Hall–Kier alpha value is -1.16. The zero-order valence-electron chi connectivity index (χ0n) is 9.55. The molecule has 0 radical (unpaired) electrons. The van der Waals surface area contributed by atoms with Crippen molar-refractivity contribution in [2.75, 3.05) is 13.2 Å². The van der Waals surface area contributed by atoms with Crippen LogP contribution in [0.4, 0.5) is 0 Å². The van der Waals surface area contributed by atoms with Gasteiger partial charge in [0.1, 0.15) is 5.57 Å². The van der Waals surface area contributed by atoms with E-state index >= 15 is 0 Å². The van der Waals surface area contributed by atoms with Gasteiger partial charge in [0.05, 0.1) is 6.61 Å². The summed E-state index contributed by atoms with van der Waals surface area (Å²) in [5.41, 5.74) is 0.0410. The van der Waals surface area contributed by atoms with Crippen molar-refractivity contribution in [1.82, 2.24) is 0 Å². The molecule has 0 aromatic heterocycles. The fourth-order valence-corrected chi connectivity index (χ4v) is 1.59. The number of carbonyl (C=O) groups is 2. The Morgan fingerprint density at radius 3 is 2.53 bits per heavy atom. The molecule has 1 aliphatic heterocycles. The molecule has 1 unspecified atom stereocenters. The Bertz CT molecular complexity index is 329. The summed E-state index contributed by atoms with van der Waals surface area (Å²) in [7, 11) is 0. The van der Waals surface area contributed by atoms with Gasteiger partial charge in [0, 0.05) is 6.61 Å². The van der Waals surface area contributed by atoms with E-state index in [1.807, 2.05) is 6.92 Å². The van der Waals surface area contributed by atoms with Gasteiger partial charge in [0.25, 0.3) is 0 Å². The van der Waals surface area contributed by atoms with Crippen LogP contribution in [0, 0.1) is 0 Å². The first-order valence-corrected chi connectivity index (χ1v) is 4.95. The molecule has 0 aromatic carbocycles. The van der Waals surface area contributed by atoms with E-state index in [1.54, 1.807) is 13.8 Å². The first kappa shape index (κ1) is 11.9. The third kappa shape index (κ3) is 2.09. The zero-order chi connectivity index (χ0) is 11.6. The highest BCUT2D eigenvalue weighted by Gasteiger charge is 2.43. The predicted molar refractivity (Wildman–Crippen MR) is 54.4 cm³/mol. The Morgan fingerprint density at radius 2 is 2.13 bits per heavy atom. The molecule has 4 heteroatoms. The predicted octanol–water partition coefficient (Wildman–Crippen LogP) is 1.24. The largest absolute Gasteiger partial charge is 0.449 e. The molecule has 0 aliphatic carbocycles. The number of hydrogen-bond donors (Lipinski definition) is 0. The average molecular weight is 212 g/mol. The van der Waals surface area contributed by atoms with Crippen LogP contribution in [0.3, 0.4) is 0 Å². The van der Waals surface area contributed by atoms with Gasteiger partial charge in [0.15, 0.2) is 11.4 Å². The average Bonchev–Trinajstić information content (AvgIpc) is 2.35. The number of esters is 1. The van der Waals surface area contributed by atoms with Gasteiger partial charge >= 0.3 is 5.97 Å². The molecule has 0 saturated heterocycles. The minimum atomic E-state index is -0.784. The normalized spacial score (nSPS) is 25.7. The Kier molecular flexibility index (Phi) is 3.29. The second kappa shape index (κ2) is 4.14. The monoisotopic (exact) mass is 212 g/mol. The van der Waals surface area contributed by atoms with E-state index in [-0.39, 0.29) is 18.0 Å². The lowest BCUT2D eigenvalue weighted by Gasteiger charge is -2.24. The molecule has 4 nitrogen and oxygen atoms in total. The van der Waals surface area contributed by atoms with E-state index in [2.05, 4.69) is 0 Å². The van der Waals surface area contributed by atoms with Crippen LogP contribution >= 0.6 is 0 Å². The minimum Gasteiger partial charge on any atom is -0.449 e. The first-order chi connectivity index (χ1) is 6.92. The maximum absolute atomic E-state index is 11.4. The SMILES string of the molecule is CCOCC1(C)OC(=O)C(C(C)=O)=C1C. The smallest absolute Gasteiger partial charge is 0.342 e. The number of cyclic esters (lactones) is 1. The van der Waals surface area contributed by atoms with Crippen LogP contribution in [0.1, 0.15) is 27.7 Å². The minimum absolute atomic E-state index is 0.164. The second-order valence-electron chi connectivity index (χ2n) is 3.81. The molecular formula is C11H16O4. The van der Waals surface area contributed by atoms with Gasteiger partial charge < -0.3 is 9.47 Å². The van der Waals surface area contributed by atoms with Crippen LogP contribution in [-0.2, 0) is 19.1 Å². The number of ketones is 1. The highest BCUT2D eigenvalue weighted by atomic mass is 16.6. The summed E-state index contributed by atoms with van der Waals surface area (Å²) >= 11 is 0. The van der Waals surface area contributed by atoms with Crippen molar-refractivity contribution in [3.63, 3.8) is 0 Å². The summed E-state index contributed by atoms with van der Waals surface area (Å²) in [6, 6.07) is 0. The molecule has 1 heterocycles. The van der Waals surface area contributed by atoms with Gasteiger partial charge in [-0.3, -0.25) is 4.79 Å². The van der Waals surface area contributed by atoms with Gasteiger partial charge in [-0.2, -0.15) is 0 Å². The molecule has 84 valence electrons. The molecule has 0 spiro atoms. The lowest BCUT2D eigenvalue weighted by Crippen LogP contribution is -2.33. The summed E-state index contributed by atoms with van der Waals surface area (Å²) in [5.74, 6) is -0.792. The highest BCUT2D eigenvalue weighted by Crippen LogP contribution is 2.32. The molecular weight excluding hydrogens is 196 g/mol. The number of rotatable bonds is 4. The van der Waals surface area contributed by atoms with E-state index in [4.69, 9.17) is 9.47 Å². The van der Waals surface area contributed by atoms with Crippen molar-refractivity contribution in [3.05, 3.63) is 11.1 Å². The van der Waals surface area contributed by atoms with Gasteiger partial charge in [-0.05, 0) is 33.3 Å². The second-order valence-corrected chi connectivity index (χ2v) is 3.81. The van der Waals surface area contributed by atoms with Crippen LogP contribution in [0.25, 0.3) is 0 Å². The summed E-state index contributed by atoms with van der Waals surface area (Å²) in [6.45, 7) is 7.57. The molecule has 0 bridgehead atoms. The van der Waals surface area contributed by atoms with Gasteiger partial charge in [-0.1, -0.05) is 0 Å². The van der Waals surface area contributed by atoms with Gasteiger partial charge in [0.2, 0.25) is 0 Å². The molecule has 0 amide bonds. The van der Waals surface area contributed by atoms with E-state index in [0.29, 0.717) is 12.2 Å². The number of hydrogen-bond acceptors (Lipinski definition) is 4. The summed E-state index contributed by atoms with van der Waals surface area (Å²) < 4.78 is 10.4.